The number of carbonyl (C=O) groups is 1. The summed E-state index contributed by atoms with van der Waals surface area (Å²) in [7, 11) is 0. The van der Waals surface area contributed by atoms with E-state index in [9.17, 15) is 18.7 Å². The molecule has 0 radical (unpaired) electrons. The van der Waals surface area contributed by atoms with Crippen molar-refractivity contribution in [3.05, 3.63) is 75.8 Å². The number of alkyl halides is 1. The highest BCUT2D eigenvalue weighted by Crippen LogP contribution is 2.42. The fourth-order valence-corrected chi connectivity index (χ4v) is 4.42. The summed E-state index contributed by atoms with van der Waals surface area (Å²) < 4.78 is 28.0. The summed E-state index contributed by atoms with van der Waals surface area (Å²) in [4.78, 5) is 14.6. The lowest BCUT2D eigenvalue weighted by atomic mass is 9.76. The van der Waals surface area contributed by atoms with Crippen LogP contribution in [0.2, 0.25) is 10.0 Å². The number of benzene rings is 2. The molecule has 1 saturated carbocycles. The highest BCUT2D eigenvalue weighted by molar-refractivity contribution is 6.34. The van der Waals surface area contributed by atoms with Gasteiger partial charge in [-0.2, -0.15) is 15.0 Å². The van der Waals surface area contributed by atoms with E-state index in [1.807, 2.05) is 0 Å². The van der Waals surface area contributed by atoms with Crippen LogP contribution in [-0.4, -0.2) is 37.8 Å². The zero-order chi connectivity index (χ0) is 22.9. The van der Waals surface area contributed by atoms with E-state index in [0.29, 0.717) is 5.69 Å². The molecule has 2 N–H and O–H groups in total. The van der Waals surface area contributed by atoms with E-state index in [-0.39, 0.29) is 46.9 Å². The lowest BCUT2D eigenvalue weighted by molar-refractivity contribution is -0.0445. The van der Waals surface area contributed by atoms with Crippen LogP contribution in [0.1, 0.15) is 47.6 Å². The monoisotopic (exact) mass is 480 g/mol. The van der Waals surface area contributed by atoms with Crippen molar-refractivity contribution in [2.45, 2.75) is 43.5 Å². The van der Waals surface area contributed by atoms with Crippen LogP contribution in [0.3, 0.4) is 0 Å². The topological polar surface area (TPSA) is 80.0 Å². The van der Waals surface area contributed by atoms with Crippen LogP contribution < -0.4 is 5.32 Å². The minimum atomic E-state index is -1.51. The van der Waals surface area contributed by atoms with Gasteiger partial charge in [-0.15, -0.1) is 0 Å². The Balaban J connectivity index is 1.71. The van der Waals surface area contributed by atoms with Crippen LogP contribution in [0.4, 0.5) is 8.78 Å². The number of nitrogens with one attached hydrogen (secondary N) is 1. The third kappa shape index (κ3) is 4.48. The van der Waals surface area contributed by atoms with Gasteiger partial charge >= 0.3 is 0 Å². The molecule has 3 aromatic rings. The van der Waals surface area contributed by atoms with Crippen LogP contribution in [0, 0.1) is 5.82 Å². The van der Waals surface area contributed by atoms with Gasteiger partial charge in [-0.25, -0.2) is 8.78 Å². The van der Waals surface area contributed by atoms with E-state index in [0.717, 1.165) is 0 Å². The summed E-state index contributed by atoms with van der Waals surface area (Å²) in [5, 5.41) is 22.1. The van der Waals surface area contributed by atoms with Gasteiger partial charge in [0.05, 0.1) is 45.3 Å². The SMILES string of the molecule is O=C(NC(c1cccc(F)c1Cl)[C@]1(O)CC[C@H](F)CC1)c1cc(-n2nccn2)ccc1Cl. The number of nitrogens with zero attached hydrogens (tertiary/aromatic N) is 3. The molecule has 168 valence electrons. The van der Waals surface area contributed by atoms with Gasteiger partial charge in [0.2, 0.25) is 0 Å². The van der Waals surface area contributed by atoms with Crippen LogP contribution in [0.15, 0.2) is 48.8 Å². The molecule has 0 saturated heterocycles. The number of halogens is 4. The van der Waals surface area contributed by atoms with Crippen molar-refractivity contribution >= 4 is 29.1 Å². The standard InChI is InChI=1S/C22H20Cl2F2N4O2/c23-17-5-4-14(30-27-10-11-28-30)12-16(17)21(31)29-20(15-2-1-3-18(26)19(15)24)22(32)8-6-13(25)7-9-22/h1-5,10-13,20,32H,6-9H2,(H,29,31)/t13-,20?,22-. The summed E-state index contributed by atoms with van der Waals surface area (Å²) in [5.41, 5.74) is -0.687. The largest absolute Gasteiger partial charge is 0.387 e. The molecule has 1 aliphatic rings. The van der Waals surface area contributed by atoms with Gasteiger partial charge in [-0.3, -0.25) is 4.79 Å². The van der Waals surface area contributed by atoms with Crippen LogP contribution in [-0.2, 0) is 0 Å². The maximum Gasteiger partial charge on any atom is 0.253 e. The number of hydrogen-bond donors (Lipinski definition) is 2. The second-order valence-electron chi connectivity index (χ2n) is 7.81. The van der Waals surface area contributed by atoms with Crippen LogP contribution in [0.5, 0.6) is 0 Å². The third-order valence-electron chi connectivity index (χ3n) is 5.73. The Hall–Kier alpha value is -2.55. The summed E-state index contributed by atoms with van der Waals surface area (Å²) >= 11 is 12.5. The molecule has 6 nitrogen and oxygen atoms in total. The van der Waals surface area contributed by atoms with E-state index in [2.05, 4.69) is 15.5 Å². The van der Waals surface area contributed by atoms with Gasteiger partial charge in [0.25, 0.3) is 5.91 Å². The molecule has 1 amide bonds. The third-order valence-corrected chi connectivity index (χ3v) is 6.46. The molecule has 1 unspecified atom stereocenters. The Labute approximate surface area is 193 Å². The van der Waals surface area contributed by atoms with Crippen molar-refractivity contribution in [1.82, 2.24) is 20.3 Å². The average molecular weight is 481 g/mol. The first kappa shape index (κ1) is 22.6. The summed E-state index contributed by atoms with van der Waals surface area (Å²) in [5.74, 6) is -1.29. The molecule has 1 heterocycles. The maximum absolute atomic E-state index is 14.2. The first-order valence-corrected chi connectivity index (χ1v) is 10.8. The first-order chi connectivity index (χ1) is 15.3. The van der Waals surface area contributed by atoms with E-state index < -0.39 is 29.5 Å². The molecule has 4 rings (SSSR count). The predicted molar refractivity (Wildman–Crippen MR) is 116 cm³/mol. The average Bonchev–Trinajstić information content (AvgIpc) is 3.31. The Bertz CT molecular complexity index is 1120. The molecule has 1 aromatic heterocycles. The van der Waals surface area contributed by atoms with Crippen LogP contribution >= 0.6 is 23.2 Å². The van der Waals surface area contributed by atoms with Crippen molar-refractivity contribution < 1.29 is 18.7 Å². The van der Waals surface area contributed by atoms with E-state index in [4.69, 9.17) is 23.2 Å². The number of aromatic nitrogens is 3. The Kier molecular flexibility index (Phi) is 6.46. The molecule has 0 bridgehead atoms. The van der Waals surface area contributed by atoms with Crippen LogP contribution in [0.25, 0.3) is 5.69 Å². The van der Waals surface area contributed by atoms with Crippen molar-refractivity contribution in [3.8, 4) is 5.69 Å². The fraction of sp³-hybridized carbons (Fsp3) is 0.318. The second kappa shape index (κ2) is 9.13. The fourth-order valence-electron chi connectivity index (χ4n) is 3.99. The number of hydrogen-bond acceptors (Lipinski definition) is 4. The first-order valence-electron chi connectivity index (χ1n) is 10.1. The van der Waals surface area contributed by atoms with E-state index in [1.165, 1.54) is 47.5 Å². The quantitative estimate of drug-likeness (QED) is 0.548. The molecule has 10 heteroatoms. The molecular weight excluding hydrogens is 461 g/mol. The highest BCUT2D eigenvalue weighted by Gasteiger charge is 2.43. The minimum absolute atomic E-state index is 0.0803. The summed E-state index contributed by atoms with van der Waals surface area (Å²) in [6.07, 6.45) is 2.35. The van der Waals surface area contributed by atoms with Gasteiger partial charge in [-0.05, 0) is 55.5 Å². The van der Waals surface area contributed by atoms with Gasteiger partial charge < -0.3 is 10.4 Å². The lowest BCUT2D eigenvalue weighted by Gasteiger charge is -2.41. The number of aliphatic hydroxyl groups is 1. The smallest absolute Gasteiger partial charge is 0.253 e. The molecule has 2 aromatic carbocycles. The van der Waals surface area contributed by atoms with Crippen molar-refractivity contribution in [2.24, 2.45) is 0 Å². The Morgan fingerprint density at radius 2 is 1.88 bits per heavy atom. The lowest BCUT2D eigenvalue weighted by Crippen LogP contribution is -2.48. The Morgan fingerprint density at radius 1 is 1.19 bits per heavy atom. The number of amides is 1. The van der Waals surface area contributed by atoms with E-state index in [1.54, 1.807) is 6.07 Å². The van der Waals surface area contributed by atoms with Gasteiger partial charge in [0.15, 0.2) is 0 Å². The summed E-state index contributed by atoms with van der Waals surface area (Å²) in [6, 6.07) is 7.76. The Morgan fingerprint density at radius 3 is 2.56 bits per heavy atom. The minimum Gasteiger partial charge on any atom is -0.387 e. The molecule has 1 fully saturated rings. The molecule has 1 atom stereocenters. The molecular formula is C22H20Cl2F2N4O2. The van der Waals surface area contributed by atoms with Gasteiger partial charge in [0, 0.05) is 0 Å². The predicted octanol–water partition coefficient (Wildman–Crippen LogP) is 4.83. The molecule has 0 aliphatic heterocycles. The maximum atomic E-state index is 14.2. The zero-order valence-corrected chi connectivity index (χ0v) is 18.3. The number of carbonyl (C=O) groups excluding carboxylic acids is 1. The molecule has 1 aliphatic carbocycles. The second-order valence-corrected chi connectivity index (χ2v) is 8.60. The summed E-state index contributed by atoms with van der Waals surface area (Å²) in [6.45, 7) is 0. The molecule has 0 spiro atoms. The molecule has 32 heavy (non-hydrogen) atoms. The van der Waals surface area contributed by atoms with Gasteiger partial charge in [0.1, 0.15) is 12.0 Å². The van der Waals surface area contributed by atoms with Crippen molar-refractivity contribution in [1.29, 1.82) is 0 Å². The normalized spacial score (nSPS) is 21.8. The number of rotatable bonds is 5. The van der Waals surface area contributed by atoms with E-state index >= 15 is 0 Å². The highest BCUT2D eigenvalue weighted by atomic mass is 35.5. The van der Waals surface area contributed by atoms with Crippen molar-refractivity contribution in [3.63, 3.8) is 0 Å². The van der Waals surface area contributed by atoms with Crippen molar-refractivity contribution in [2.75, 3.05) is 0 Å². The zero-order valence-electron chi connectivity index (χ0n) is 16.8. The van der Waals surface area contributed by atoms with Gasteiger partial charge in [-0.1, -0.05) is 35.3 Å².